The Balaban J connectivity index is 0.000000223. The zero-order chi connectivity index (χ0) is 32.2. The molecule has 3 aromatic heterocycles. The molecule has 1 aromatic carbocycles. The predicted molar refractivity (Wildman–Crippen MR) is 162 cm³/mol. The van der Waals surface area contributed by atoms with E-state index in [-0.39, 0.29) is 40.4 Å². The second-order valence-corrected chi connectivity index (χ2v) is 10.9. The van der Waals surface area contributed by atoms with Crippen molar-refractivity contribution in [2.24, 2.45) is 21.1 Å². The lowest BCUT2D eigenvalue weighted by atomic mass is 10.1. The number of amides is 3. The maximum atomic E-state index is 12.9. The van der Waals surface area contributed by atoms with Crippen molar-refractivity contribution in [2.75, 3.05) is 45.9 Å². The number of para-hydroxylation sites is 2. The molecule has 0 saturated carbocycles. The Morgan fingerprint density at radius 1 is 0.911 bits per heavy atom. The summed E-state index contributed by atoms with van der Waals surface area (Å²) in [5.74, 6) is -0.406. The molecule has 0 atom stereocenters. The smallest absolute Gasteiger partial charge is 0.354 e. The van der Waals surface area contributed by atoms with Crippen molar-refractivity contribution in [3.05, 3.63) is 64.8 Å². The molecule has 238 valence electrons. The Hall–Kier alpha value is -5.05. The fourth-order valence-electron chi connectivity index (χ4n) is 5.26. The third-order valence-corrected chi connectivity index (χ3v) is 8.06. The van der Waals surface area contributed by atoms with Crippen LogP contribution in [-0.4, -0.2) is 113 Å². The number of aryl methyl sites for hydroxylation is 3. The largest absolute Gasteiger partial charge is 0.477 e. The third-order valence-electron chi connectivity index (χ3n) is 8.06. The van der Waals surface area contributed by atoms with Gasteiger partial charge in [-0.3, -0.25) is 19.1 Å². The molecule has 0 spiro atoms. The highest BCUT2D eigenvalue weighted by atomic mass is 16.5. The van der Waals surface area contributed by atoms with Crippen LogP contribution in [0.25, 0.3) is 11.0 Å². The quantitative estimate of drug-likeness (QED) is 0.307. The molecule has 15 heteroatoms. The Labute approximate surface area is 259 Å². The molecule has 2 N–H and O–H groups in total. The summed E-state index contributed by atoms with van der Waals surface area (Å²) in [5, 5.41) is 15.6. The highest BCUT2D eigenvalue weighted by Crippen LogP contribution is 2.17. The second kappa shape index (κ2) is 13.3. The number of likely N-dealkylation sites (tertiary alicyclic amines) is 1. The summed E-state index contributed by atoms with van der Waals surface area (Å²) >= 11 is 0. The molecule has 2 aliphatic heterocycles. The summed E-state index contributed by atoms with van der Waals surface area (Å²) in [5.41, 5.74) is 2.59. The molecule has 3 amide bonds. The number of aromatic nitrogens is 6. The number of morpholine rings is 1. The fourth-order valence-corrected chi connectivity index (χ4v) is 5.26. The first-order valence-corrected chi connectivity index (χ1v) is 14.7. The number of hydrogen-bond donors (Lipinski definition) is 2. The summed E-state index contributed by atoms with van der Waals surface area (Å²) in [7, 11) is 5.23. The first-order chi connectivity index (χ1) is 21.6. The molecule has 0 bridgehead atoms. The molecule has 6 rings (SSSR count). The van der Waals surface area contributed by atoms with Crippen LogP contribution in [0.2, 0.25) is 0 Å². The van der Waals surface area contributed by atoms with Crippen molar-refractivity contribution in [3.63, 3.8) is 0 Å². The van der Waals surface area contributed by atoms with Crippen molar-refractivity contribution in [1.82, 2.24) is 44.0 Å². The van der Waals surface area contributed by atoms with Crippen LogP contribution in [0, 0.1) is 6.92 Å². The number of benzene rings is 1. The van der Waals surface area contributed by atoms with E-state index in [2.05, 4.69) is 20.4 Å². The lowest BCUT2D eigenvalue weighted by Crippen LogP contribution is -2.42. The number of fused-ring (bicyclic) bond motifs is 1. The molecule has 2 saturated heterocycles. The topological polar surface area (TPSA) is 170 Å². The predicted octanol–water partition coefficient (Wildman–Crippen LogP) is 1.02. The van der Waals surface area contributed by atoms with Crippen molar-refractivity contribution in [1.29, 1.82) is 0 Å². The number of nitrogens with zero attached hydrogens (tertiary/aromatic N) is 8. The van der Waals surface area contributed by atoms with Crippen molar-refractivity contribution in [3.8, 4) is 0 Å². The molecule has 0 aliphatic carbocycles. The normalized spacial score (nSPS) is 14.5. The summed E-state index contributed by atoms with van der Waals surface area (Å²) < 4.78 is 10.2. The Morgan fingerprint density at radius 3 is 2.24 bits per heavy atom. The van der Waals surface area contributed by atoms with Gasteiger partial charge in [-0.2, -0.15) is 5.10 Å². The average Bonchev–Trinajstić information content (AvgIpc) is 3.65. The Kier molecular flexibility index (Phi) is 9.27. The van der Waals surface area contributed by atoms with Crippen molar-refractivity contribution in [2.45, 2.75) is 19.8 Å². The average molecular weight is 620 g/mol. The number of rotatable bonds is 7. The van der Waals surface area contributed by atoms with E-state index in [1.165, 1.54) is 17.9 Å². The van der Waals surface area contributed by atoms with Gasteiger partial charge in [-0.1, -0.05) is 12.1 Å². The fraction of sp³-hybridized carbons (Fsp3) is 0.433. The van der Waals surface area contributed by atoms with Gasteiger partial charge < -0.3 is 34.1 Å². The summed E-state index contributed by atoms with van der Waals surface area (Å²) in [6.07, 6.45) is 2.87. The molecule has 4 aromatic rings. The first-order valence-electron chi connectivity index (χ1n) is 14.7. The molecular formula is C30H37N9O6. The molecule has 15 nitrogen and oxygen atoms in total. The molecule has 2 fully saturated rings. The van der Waals surface area contributed by atoms with Crippen LogP contribution in [0.4, 0.5) is 0 Å². The number of carbonyl (C=O) groups is 4. The van der Waals surface area contributed by atoms with Crippen LogP contribution in [0.1, 0.15) is 59.9 Å². The number of aromatic carboxylic acids is 1. The molecule has 45 heavy (non-hydrogen) atoms. The van der Waals surface area contributed by atoms with Crippen molar-refractivity contribution < 1.29 is 29.0 Å². The van der Waals surface area contributed by atoms with Gasteiger partial charge in [0.25, 0.3) is 17.7 Å². The zero-order valence-corrected chi connectivity index (χ0v) is 25.8. The van der Waals surface area contributed by atoms with Crippen LogP contribution in [-0.2, 0) is 32.3 Å². The number of ether oxygens (including phenoxy) is 1. The number of carboxylic acid groups (broad SMARTS) is 1. The zero-order valence-electron chi connectivity index (χ0n) is 25.8. The van der Waals surface area contributed by atoms with E-state index in [1.807, 2.05) is 35.9 Å². The van der Waals surface area contributed by atoms with E-state index in [0.29, 0.717) is 58.2 Å². The number of carboxylic acids is 1. The monoisotopic (exact) mass is 619 g/mol. The third kappa shape index (κ3) is 6.43. The van der Waals surface area contributed by atoms with Gasteiger partial charge >= 0.3 is 5.97 Å². The van der Waals surface area contributed by atoms with Gasteiger partial charge in [-0.15, -0.1) is 0 Å². The minimum absolute atomic E-state index is 0.0492. The highest BCUT2D eigenvalue weighted by molar-refractivity contribution is 6.05. The van der Waals surface area contributed by atoms with Gasteiger partial charge in [-0.05, 0) is 25.5 Å². The minimum Gasteiger partial charge on any atom is -0.477 e. The van der Waals surface area contributed by atoms with E-state index in [4.69, 9.17) is 9.84 Å². The summed E-state index contributed by atoms with van der Waals surface area (Å²) in [6, 6.07) is 7.93. The van der Waals surface area contributed by atoms with E-state index in [9.17, 15) is 19.2 Å². The van der Waals surface area contributed by atoms with Gasteiger partial charge in [-0.25, -0.2) is 14.8 Å². The number of nitrogens with one attached hydrogen (secondary N) is 1. The standard InChI is InChI=1S/C21H26N6O3.C9H11N3O3/c1-14-23-18(21(29)27-10-12-30-13-11-27)19(25(14)2)20(28)22-9-8-17-24-15-6-4-5-7-16(15)26(17)3;1-11-7(9(14)15)6(5-10-11)8(13)12-3-2-4-12/h4-7H,8-13H2,1-3H3,(H,22,28);5H,2-4H2,1H3,(H,14,15). The number of hydrogen-bond acceptors (Lipinski definition) is 8. The molecule has 0 unspecified atom stereocenters. The Morgan fingerprint density at radius 2 is 1.60 bits per heavy atom. The van der Waals surface area contributed by atoms with E-state index in [0.717, 1.165) is 23.3 Å². The van der Waals surface area contributed by atoms with Crippen LogP contribution < -0.4 is 5.32 Å². The highest BCUT2D eigenvalue weighted by Gasteiger charge is 2.30. The SMILES string of the molecule is Cc1nc(C(=O)N2CCOCC2)c(C(=O)NCCc2nc3ccccc3n2C)n1C.Cn1ncc(C(=O)N2CCC2)c1C(=O)O. The van der Waals surface area contributed by atoms with Gasteiger partial charge in [0, 0.05) is 60.3 Å². The molecule has 0 radical (unpaired) electrons. The van der Waals surface area contributed by atoms with E-state index >= 15 is 0 Å². The van der Waals surface area contributed by atoms with Crippen LogP contribution >= 0.6 is 0 Å². The van der Waals surface area contributed by atoms with Gasteiger partial charge in [0.2, 0.25) is 0 Å². The van der Waals surface area contributed by atoms with Gasteiger partial charge in [0.15, 0.2) is 11.4 Å². The molecule has 5 heterocycles. The van der Waals surface area contributed by atoms with Crippen LogP contribution in [0.5, 0.6) is 0 Å². The lowest BCUT2D eigenvalue weighted by Gasteiger charge is -2.30. The van der Waals surface area contributed by atoms with E-state index in [1.54, 1.807) is 28.3 Å². The second-order valence-electron chi connectivity index (χ2n) is 10.9. The van der Waals surface area contributed by atoms with Gasteiger partial charge in [0.1, 0.15) is 17.3 Å². The molecular weight excluding hydrogens is 582 g/mol. The maximum absolute atomic E-state index is 12.9. The number of imidazole rings is 2. The first kappa shape index (κ1) is 31.4. The molecule has 2 aliphatic rings. The van der Waals surface area contributed by atoms with Crippen LogP contribution in [0.3, 0.4) is 0 Å². The summed E-state index contributed by atoms with van der Waals surface area (Å²) in [6.45, 7) is 5.59. The lowest BCUT2D eigenvalue weighted by molar-refractivity contribution is 0.0298. The van der Waals surface area contributed by atoms with Crippen molar-refractivity contribution >= 4 is 34.7 Å². The maximum Gasteiger partial charge on any atom is 0.354 e. The minimum atomic E-state index is -1.13. The van der Waals surface area contributed by atoms with Gasteiger partial charge in [0.05, 0.1) is 36.0 Å². The Bertz CT molecular complexity index is 1740. The summed E-state index contributed by atoms with van der Waals surface area (Å²) in [4.78, 5) is 60.8. The van der Waals surface area contributed by atoms with Crippen LogP contribution in [0.15, 0.2) is 30.5 Å². The number of carbonyl (C=O) groups excluding carboxylic acids is 3. The van der Waals surface area contributed by atoms with E-state index < -0.39 is 5.97 Å².